The maximum atomic E-state index is 5.92. The van der Waals surface area contributed by atoms with Crippen molar-refractivity contribution in [3.63, 3.8) is 0 Å². The summed E-state index contributed by atoms with van der Waals surface area (Å²) in [6.07, 6.45) is 2.13. The minimum absolute atomic E-state index is 0.430. The van der Waals surface area contributed by atoms with Crippen LogP contribution in [0.25, 0.3) is 0 Å². The summed E-state index contributed by atoms with van der Waals surface area (Å²) >= 11 is 7.57. The van der Waals surface area contributed by atoms with Crippen LogP contribution in [0.2, 0.25) is 4.34 Å². The number of thiophene rings is 1. The molecule has 1 aromatic rings. The molecule has 4 heteroatoms. The largest absolute Gasteiger partial charge is 0.385 e. The van der Waals surface area contributed by atoms with Crippen LogP contribution in [0.15, 0.2) is 12.1 Å². The van der Waals surface area contributed by atoms with Crippen molar-refractivity contribution in [2.75, 3.05) is 20.3 Å². The van der Waals surface area contributed by atoms with E-state index in [0.29, 0.717) is 6.04 Å². The number of hydrogen-bond acceptors (Lipinski definition) is 3. The van der Waals surface area contributed by atoms with Gasteiger partial charge in [0.05, 0.1) is 4.34 Å². The molecule has 0 spiro atoms. The zero-order chi connectivity index (χ0) is 11.1. The summed E-state index contributed by atoms with van der Waals surface area (Å²) < 4.78 is 5.87. The van der Waals surface area contributed by atoms with Crippen molar-refractivity contribution in [1.29, 1.82) is 0 Å². The molecule has 15 heavy (non-hydrogen) atoms. The van der Waals surface area contributed by atoms with E-state index in [0.717, 1.165) is 30.3 Å². The van der Waals surface area contributed by atoms with Crippen LogP contribution < -0.4 is 5.32 Å². The highest BCUT2D eigenvalue weighted by Gasteiger charge is 2.10. The third kappa shape index (κ3) is 4.51. The normalized spacial score (nSPS) is 13.0. The molecule has 0 fully saturated rings. The van der Waals surface area contributed by atoms with Gasteiger partial charge in [0.2, 0.25) is 0 Å². The Balaban J connectivity index is 2.35. The first kappa shape index (κ1) is 13.0. The van der Waals surface area contributed by atoms with E-state index in [-0.39, 0.29) is 0 Å². The van der Waals surface area contributed by atoms with Crippen molar-refractivity contribution in [3.05, 3.63) is 21.3 Å². The lowest BCUT2D eigenvalue weighted by atomic mass is 10.2. The quantitative estimate of drug-likeness (QED) is 0.745. The summed E-state index contributed by atoms with van der Waals surface area (Å²) in [5.41, 5.74) is 0. The molecule has 0 saturated carbocycles. The van der Waals surface area contributed by atoms with Crippen LogP contribution in [0.4, 0.5) is 0 Å². The molecule has 1 aromatic heterocycles. The Morgan fingerprint density at radius 1 is 1.53 bits per heavy atom. The van der Waals surface area contributed by atoms with Crippen molar-refractivity contribution >= 4 is 22.9 Å². The lowest BCUT2D eigenvalue weighted by Gasteiger charge is -2.14. The molecule has 0 saturated heterocycles. The van der Waals surface area contributed by atoms with Crippen molar-refractivity contribution in [2.45, 2.75) is 25.8 Å². The predicted molar refractivity (Wildman–Crippen MR) is 66.9 cm³/mol. The fourth-order valence-electron chi connectivity index (χ4n) is 1.45. The molecule has 86 valence electrons. The van der Waals surface area contributed by atoms with E-state index >= 15 is 0 Å². The smallest absolute Gasteiger partial charge is 0.0931 e. The first-order valence-corrected chi connectivity index (χ1v) is 6.45. The Morgan fingerprint density at radius 2 is 2.33 bits per heavy atom. The molecule has 1 rings (SSSR count). The van der Waals surface area contributed by atoms with Gasteiger partial charge in [-0.1, -0.05) is 18.5 Å². The van der Waals surface area contributed by atoms with E-state index < -0.39 is 0 Å². The number of nitrogens with one attached hydrogen (secondary N) is 1. The molecule has 0 aliphatic heterocycles. The predicted octanol–water partition coefficient (Wildman–Crippen LogP) is 3.48. The van der Waals surface area contributed by atoms with E-state index in [9.17, 15) is 0 Å². The number of rotatable bonds is 7. The summed E-state index contributed by atoms with van der Waals surface area (Å²) in [5, 5.41) is 3.51. The van der Waals surface area contributed by atoms with Crippen LogP contribution in [0, 0.1) is 0 Å². The van der Waals surface area contributed by atoms with Gasteiger partial charge in [-0.05, 0) is 31.5 Å². The zero-order valence-electron chi connectivity index (χ0n) is 9.25. The summed E-state index contributed by atoms with van der Waals surface area (Å²) in [5.74, 6) is 0. The second-order valence-corrected chi connectivity index (χ2v) is 5.15. The average Bonchev–Trinajstić information content (AvgIpc) is 2.65. The molecule has 0 bridgehead atoms. The van der Waals surface area contributed by atoms with Gasteiger partial charge in [0, 0.05) is 24.6 Å². The molecule has 0 radical (unpaired) electrons. The fourth-order valence-corrected chi connectivity index (χ4v) is 2.67. The van der Waals surface area contributed by atoms with Gasteiger partial charge in [-0.15, -0.1) is 11.3 Å². The maximum Gasteiger partial charge on any atom is 0.0931 e. The van der Waals surface area contributed by atoms with Crippen molar-refractivity contribution in [2.24, 2.45) is 0 Å². The molecule has 1 N–H and O–H groups in total. The summed E-state index contributed by atoms with van der Waals surface area (Å²) in [7, 11) is 1.73. The van der Waals surface area contributed by atoms with Gasteiger partial charge in [-0.2, -0.15) is 0 Å². The number of ether oxygens (including phenoxy) is 1. The lowest BCUT2D eigenvalue weighted by molar-refractivity contribution is 0.193. The summed E-state index contributed by atoms with van der Waals surface area (Å²) in [6, 6.07) is 4.49. The molecule has 0 aliphatic carbocycles. The summed E-state index contributed by atoms with van der Waals surface area (Å²) in [4.78, 5) is 1.32. The van der Waals surface area contributed by atoms with Gasteiger partial charge in [0.25, 0.3) is 0 Å². The Bertz CT molecular complexity index is 277. The van der Waals surface area contributed by atoms with E-state index in [2.05, 4.69) is 18.3 Å². The highest BCUT2D eigenvalue weighted by molar-refractivity contribution is 7.16. The minimum Gasteiger partial charge on any atom is -0.385 e. The molecule has 0 amide bonds. The summed E-state index contributed by atoms with van der Waals surface area (Å²) in [6.45, 7) is 3.98. The van der Waals surface area contributed by atoms with Crippen LogP contribution >= 0.6 is 22.9 Å². The molecule has 0 aliphatic rings. The average molecular weight is 248 g/mol. The van der Waals surface area contributed by atoms with Gasteiger partial charge >= 0.3 is 0 Å². The molecular weight excluding hydrogens is 230 g/mol. The second-order valence-electron chi connectivity index (χ2n) is 3.40. The molecule has 0 aromatic carbocycles. The van der Waals surface area contributed by atoms with Crippen molar-refractivity contribution in [3.8, 4) is 0 Å². The van der Waals surface area contributed by atoms with E-state index in [1.807, 2.05) is 6.07 Å². The SMILES string of the molecule is CCC(NCCCOC)c1ccc(Cl)s1. The van der Waals surface area contributed by atoms with Crippen LogP contribution in [0.1, 0.15) is 30.7 Å². The van der Waals surface area contributed by atoms with Gasteiger partial charge < -0.3 is 10.1 Å². The Kier molecular flexibility index (Phi) is 6.25. The standard InChI is InChI=1S/C11H18ClNOS/c1-3-9(13-7-4-8-14-2)10-5-6-11(12)15-10/h5-6,9,13H,3-4,7-8H2,1-2H3. The Labute approximate surface area is 101 Å². The van der Waals surface area contributed by atoms with E-state index in [1.165, 1.54) is 4.88 Å². The van der Waals surface area contributed by atoms with Gasteiger partial charge in [0.1, 0.15) is 0 Å². The number of hydrogen-bond donors (Lipinski definition) is 1. The monoisotopic (exact) mass is 247 g/mol. The van der Waals surface area contributed by atoms with Crippen LogP contribution in [-0.2, 0) is 4.74 Å². The first-order valence-electron chi connectivity index (χ1n) is 5.25. The van der Waals surface area contributed by atoms with Crippen LogP contribution in [0.5, 0.6) is 0 Å². The zero-order valence-corrected chi connectivity index (χ0v) is 10.8. The highest BCUT2D eigenvalue weighted by Crippen LogP contribution is 2.28. The van der Waals surface area contributed by atoms with Gasteiger partial charge in [0.15, 0.2) is 0 Å². The van der Waals surface area contributed by atoms with Crippen molar-refractivity contribution in [1.82, 2.24) is 5.32 Å². The minimum atomic E-state index is 0.430. The Hall–Kier alpha value is -0.0900. The molecule has 1 heterocycles. The van der Waals surface area contributed by atoms with Gasteiger partial charge in [-0.25, -0.2) is 0 Å². The molecule has 2 nitrogen and oxygen atoms in total. The van der Waals surface area contributed by atoms with E-state index in [4.69, 9.17) is 16.3 Å². The van der Waals surface area contributed by atoms with Gasteiger partial charge in [-0.3, -0.25) is 0 Å². The molecular formula is C11H18ClNOS. The van der Waals surface area contributed by atoms with Crippen LogP contribution in [0.3, 0.4) is 0 Å². The number of halogens is 1. The van der Waals surface area contributed by atoms with Crippen LogP contribution in [-0.4, -0.2) is 20.3 Å². The second kappa shape index (κ2) is 7.23. The first-order chi connectivity index (χ1) is 7.27. The topological polar surface area (TPSA) is 21.3 Å². The number of methoxy groups -OCH3 is 1. The third-order valence-electron chi connectivity index (χ3n) is 2.26. The molecule has 1 unspecified atom stereocenters. The third-order valence-corrected chi connectivity index (χ3v) is 3.61. The maximum absolute atomic E-state index is 5.92. The highest BCUT2D eigenvalue weighted by atomic mass is 35.5. The Morgan fingerprint density at radius 3 is 2.87 bits per heavy atom. The lowest BCUT2D eigenvalue weighted by Crippen LogP contribution is -2.21. The molecule has 1 atom stereocenters. The van der Waals surface area contributed by atoms with Crippen molar-refractivity contribution < 1.29 is 4.74 Å². The van der Waals surface area contributed by atoms with E-state index in [1.54, 1.807) is 18.4 Å². The fraction of sp³-hybridized carbons (Fsp3) is 0.636.